The summed E-state index contributed by atoms with van der Waals surface area (Å²) in [5, 5.41) is 8.78. The van der Waals surface area contributed by atoms with E-state index in [4.69, 9.17) is 9.90 Å². The third-order valence-electron chi connectivity index (χ3n) is 0.868. The monoisotopic (exact) mass is 196 g/mol. The summed E-state index contributed by atoms with van der Waals surface area (Å²) in [4.78, 5) is 12.6. The Balaban J connectivity index is 0. The van der Waals surface area contributed by atoms with Gasteiger partial charge in [0.2, 0.25) is 0 Å². The molecule has 0 bridgehead atoms. The topological polar surface area (TPSA) is 58.0 Å². The molecule has 1 aromatic rings. The number of carboxylic acids is 1. The fraction of sp³-hybridized carbons (Fsp3) is 0.333. The summed E-state index contributed by atoms with van der Waals surface area (Å²) in [5.74, 6) is -3.01. The highest BCUT2D eigenvalue weighted by Gasteiger charge is 2.28. The van der Waals surface area contributed by atoms with E-state index in [0.717, 1.165) is 0 Å². The second kappa shape index (κ2) is 4.48. The molecule has 0 N–H and O–H groups in total. The number of aryl methyl sites for hydroxylation is 1. The number of nitrogens with zero attached hydrogens (tertiary/aromatic N) is 2. The molecule has 74 valence electrons. The summed E-state index contributed by atoms with van der Waals surface area (Å²) < 4.78 is 33.4. The van der Waals surface area contributed by atoms with Crippen molar-refractivity contribution >= 4 is 5.97 Å². The van der Waals surface area contributed by atoms with Crippen LogP contribution in [0.3, 0.4) is 0 Å². The normalized spacial score (nSPS) is 10.2. The summed E-state index contributed by atoms with van der Waals surface area (Å²) in [5.41, 5.74) is 0. The molecule has 0 unspecified atom stereocenters. The quantitative estimate of drug-likeness (QED) is 0.578. The number of carbonyl (C=O) groups is 1. The van der Waals surface area contributed by atoms with Gasteiger partial charge in [-0.3, -0.25) is 0 Å². The van der Waals surface area contributed by atoms with Gasteiger partial charge in [-0.2, -0.15) is 13.2 Å². The Kier molecular flexibility index (Phi) is 3.96. The zero-order valence-electron chi connectivity index (χ0n) is 7.58. The van der Waals surface area contributed by atoms with Crippen LogP contribution in [0.4, 0.5) is 13.2 Å². The molecule has 0 radical (unpaired) electrons. The van der Waals surface area contributed by atoms with Gasteiger partial charge in [-0.15, -0.1) is 0 Å². The van der Waals surface area contributed by atoms with E-state index in [0.29, 0.717) is 0 Å². The van der Waals surface area contributed by atoms with Crippen molar-refractivity contribution in [3.63, 3.8) is 0 Å². The van der Waals surface area contributed by atoms with Crippen molar-refractivity contribution in [2.45, 2.75) is 6.18 Å². The van der Waals surface area contributed by atoms with Crippen LogP contribution >= 0.6 is 0 Å². The minimum Gasteiger partial charge on any atom is -0.542 e. The SMILES string of the molecule is Cn1ccnc1.O=C([O-])C(F)(F)F.[H+]. The van der Waals surface area contributed by atoms with Crippen LogP contribution in [-0.2, 0) is 11.8 Å². The standard InChI is InChI=1S/C4H6N2.C2HF3O2/c1-6-3-2-5-4-6;3-2(4,5)1(6)7/h2-4H,1H3;(H,6,7). The van der Waals surface area contributed by atoms with Gasteiger partial charge in [0.15, 0.2) is 0 Å². The van der Waals surface area contributed by atoms with Crippen LogP contribution in [-0.4, -0.2) is 21.7 Å². The number of imidazole rings is 1. The third kappa shape index (κ3) is 5.71. The summed E-state index contributed by atoms with van der Waals surface area (Å²) in [6.45, 7) is 0. The van der Waals surface area contributed by atoms with Gasteiger partial charge in [0.1, 0.15) is 5.97 Å². The Morgan fingerprint density at radius 2 is 2.08 bits per heavy atom. The van der Waals surface area contributed by atoms with Crippen molar-refractivity contribution in [3.05, 3.63) is 18.7 Å². The van der Waals surface area contributed by atoms with Crippen molar-refractivity contribution in [2.75, 3.05) is 0 Å². The Bertz CT molecular complexity index is 261. The lowest BCUT2D eigenvalue weighted by atomic mass is 10.7. The van der Waals surface area contributed by atoms with E-state index in [2.05, 4.69) is 4.98 Å². The number of halogens is 3. The Labute approximate surface area is 73.1 Å². The zero-order chi connectivity index (χ0) is 10.5. The van der Waals surface area contributed by atoms with Gasteiger partial charge < -0.3 is 14.5 Å². The Morgan fingerprint density at radius 1 is 1.62 bits per heavy atom. The number of alkyl halides is 3. The summed E-state index contributed by atoms with van der Waals surface area (Å²) in [6.07, 6.45) is 0.194. The molecule has 0 amide bonds. The van der Waals surface area contributed by atoms with Gasteiger partial charge >= 0.3 is 7.60 Å². The number of carboxylic acid groups (broad SMARTS) is 1. The van der Waals surface area contributed by atoms with Crippen molar-refractivity contribution < 1.29 is 24.5 Å². The van der Waals surface area contributed by atoms with Crippen LogP contribution in [0.2, 0.25) is 0 Å². The molecule has 0 fully saturated rings. The number of aromatic nitrogens is 2. The van der Waals surface area contributed by atoms with Crippen molar-refractivity contribution in [3.8, 4) is 0 Å². The van der Waals surface area contributed by atoms with Gasteiger partial charge in [0.05, 0.1) is 6.33 Å². The Hall–Kier alpha value is -1.53. The number of aliphatic carboxylic acids is 1. The highest BCUT2D eigenvalue weighted by molar-refractivity contribution is 5.70. The minimum absolute atomic E-state index is 0. The molecular weight excluding hydrogens is 189 g/mol. The minimum atomic E-state index is -5.19. The van der Waals surface area contributed by atoms with E-state index >= 15 is 0 Å². The summed E-state index contributed by atoms with van der Waals surface area (Å²) >= 11 is 0. The second-order valence-electron chi connectivity index (χ2n) is 2.01. The van der Waals surface area contributed by atoms with Crippen molar-refractivity contribution in [1.29, 1.82) is 0 Å². The van der Waals surface area contributed by atoms with E-state index in [9.17, 15) is 13.2 Å². The fourth-order valence-corrected chi connectivity index (χ4v) is 0.326. The predicted octanol–water partition coefficient (Wildman–Crippen LogP) is -0.169. The van der Waals surface area contributed by atoms with Gasteiger partial charge in [-0.1, -0.05) is 0 Å². The number of hydrogen-bond acceptors (Lipinski definition) is 3. The lowest BCUT2D eigenvalue weighted by Crippen LogP contribution is -2.37. The average Bonchev–Trinajstić information content (AvgIpc) is 2.38. The van der Waals surface area contributed by atoms with E-state index in [1.807, 2.05) is 17.8 Å². The highest BCUT2D eigenvalue weighted by Crippen LogP contribution is 2.11. The first-order valence-electron chi connectivity index (χ1n) is 3.04. The van der Waals surface area contributed by atoms with Crippen LogP contribution < -0.4 is 5.11 Å². The molecule has 0 atom stereocenters. The number of carbonyl (C=O) groups excluding carboxylic acids is 1. The fourth-order valence-electron chi connectivity index (χ4n) is 0.326. The molecule has 0 aliphatic carbocycles. The molecule has 13 heavy (non-hydrogen) atoms. The molecule has 1 aromatic heterocycles. The Morgan fingerprint density at radius 3 is 2.15 bits per heavy atom. The van der Waals surface area contributed by atoms with E-state index in [-0.39, 0.29) is 1.43 Å². The molecule has 0 saturated heterocycles. The predicted molar refractivity (Wildman–Crippen MR) is 35.4 cm³/mol. The maximum absolute atomic E-state index is 10.5. The van der Waals surface area contributed by atoms with Crippen LogP contribution in [0.25, 0.3) is 0 Å². The van der Waals surface area contributed by atoms with Gasteiger partial charge in [-0.25, -0.2) is 4.98 Å². The summed E-state index contributed by atoms with van der Waals surface area (Å²) in [7, 11) is 1.94. The lowest BCUT2D eigenvalue weighted by Gasteiger charge is -2.03. The second-order valence-corrected chi connectivity index (χ2v) is 2.01. The van der Waals surface area contributed by atoms with Gasteiger partial charge in [-0.05, 0) is 0 Å². The van der Waals surface area contributed by atoms with Gasteiger partial charge in [0.25, 0.3) is 0 Å². The maximum atomic E-state index is 10.5. The van der Waals surface area contributed by atoms with Crippen LogP contribution in [0.5, 0.6) is 0 Å². The zero-order valence-corrected chi connectivity index (χ0v) is 6.58. The smallest absolute Gasteiger partial charge is 0.542 e. The van der Waals surface area contributed by atoms with Crippen LogP contribution in [0, 0.1) is 0 Å². The maximum Gasteiger partial charge on any atom is 1.00 e. The van der Waals surface area contributed by atoms with Crippen molar-refractivity contribution in [1.82, 2.24) is 9.55 Å². The molecule has 1 heterocycles. The first-order valence-corrected chi connectivity index (χ1v) is 3.04. The van der Waals surface area contributed by atoms with E-state index in [1.54, 1.807) is 12.5 Å². The number of hydrogen-bond donors (Lipinski definition) is 0. The van der Waals surface area contributed by atoms with Gasteiger partial charge in [0, 0.05) is 19.4 Å². The molecule has 4 nitrogen and oxygen atoms in total. The summed E-state index contributed by atoms with van der Waals surface area (Å²) in [6, 6.07) is 0. The van der Waals surface area contributed by atoms with Crippen molar-refractivity contribution in [2.24, 2.45) is 7.05 Å². The van der Waals surface area contributed by atoms with E-state index in [1.165, 1.54) is 0 Å². The molecular formula is C6H7F3N2O2. The molecule has 1 rings (SSSR count). The highest BCUT2D eigenvalue weighted by atomic mass is 19.4. The molecule has 0 aliphatic rings. The van der Waals surface area contributed by atoms with E-state index < -0.39 is 12.1 Å². The third-order valence-corrected chi connectivity index (χ3v) is 0.868. The molecule has 0 aliphatic heterocycles. The molecule has 7 heteroatoms. The first kappa shape index (κ1) is 11.5. The average molecular weight is 196 g/mol. The van der Waals surface area contributed by atoms with Crippen LogP contribution in [0.15, 0.2) is 18.7 Å². The molecule has 0 spiro atoms. The first-order chi connectivity index (χ1) is 5.84. The lowest BCUT2D eigenvalue weighted by molar-refractivity contribution is -0.344. The largest absolute Gasteiger partial charge is 1.00 e. The number of rotatable bonds is 0. The molecule has 0 saturated carbocycles. The van der Waals surface area contributed by atoms with Crippen LogP contribution in [0.1, 0.15) is 1.43 Å². The molecule has 0 aromatic carbocycles.